The molecule has 0 aliphatic rings. The molecule has 0 radical (unpaired) electrons. The minimum absolute atomic E-state index is 0.0322. The summed E-state index contributed by atoms with van der Waals surface area (Å²) in [7, 11) is 1.02. The van der Waals surface area contributed by atoms with Crippen LogP contribution in [0.5, 0.6) is 17.2 Å². The van der Waals surface area contributed by atoms with Gasteiger partial charge in [-0.25, -0.2) is 8.42 Å². The van der Waals surface area contributed by atoms with Crippen LogP contribution < -0.4 is 19.5 Å². The molecule has 1 heterocycles. The molecule has 10 nitrogen and oxygen atoms in total. The SMILES string of the molecule is COc1ccc(S(=O)(=O)CCCC(=O)Nc2nnc(-c3cc(OC)ccc3OC)o2)cc1. The van der Waals surface area contributed by atoms with E-state index in [4.69, 9.17) is 18.6 Å². The molecule has 3 rings (SSSR count). The van der Waals surface area contributed by atoms with Crippen LogP contribution in [0, 0.1) is 0 Å². The van der Waals surface area contributed by atoms with Crippen molar-refractivity contribution < 1.29 is 31.8 Å². The smallest absolute Gasteiger partial charge is 0.322 e. The highest BCUT2D eigenvalue weighted by molar-refractivity contribution is 7.91. The van der Waals surface area contributed by atoms with Gasteiger partial charge in [0.05, 0.1) is 37.5 Å². The fraction of sp³-hybridized carbons (Fsp3) is 0.286. The topological polar surface area (TPSA) is 130 Å². The predicted molar refractivity (Wildman–Crippen MR) is 116 cm³/mol. The molecule has 2 aromatic carbocycles. The third-order valence-electron chi connectivity index (χ3n) is 4.54. The molecule has 0 saturated carbocycles. The Morgan fingerprint density at radius 1 is 0.969 bits per heavy atom. The molecule has 0 atom stereocenters. The summed E-state index contributed by atoms with van der Waals surface area (Å²) in [4.78, 5) is 12.4. The zero-order valence-electron chi connectivity index (χ0n) is 17.8. The average molecular weight is 461 g/mol. The van der Waals surface area contributed by atoms with Crippen molar-refractivity contribution in [3.05, 3.63) is 42.5 Å². The number of sulfone groups is 1. The van der Waals surface area contributed by atoms with Gasteiger partial charge >= 0.3 is 6.01 Å². The second-order valence-corrected chi connectivity index (χ2v) is 8.73. The summed E-state index contributed by atoms with van der Waals surface area (Å²) in [5.74, 6) is 1.15. The zero-order valence-corrected chi connectivity index (χ0v) is 18.6. The van der Waals surface area contributed by atoms with Crippen molar-refractivity contribution in [1.29, 1.82) is 0 Å². The number of nitrogens with one attached hydrogen (secondary N) is 1. The molecule has 0 saturated heterocycles. The number of carbonyl (C=O) groups excluding carboxylic acids is 1. The molecule has 1 aromatic heterocycles. The maximum atomic E-state index is 12.4. The number of ether oxygens (including phenoxy) is 3. The van der Waals surface area contributed by atoms with Crippen LogP contribution in [0.2, 0.25) is 0 Å². The van der Waals surface area contributed by atoms with Crippen LogP contribution in [0.4, 0.5) is 6.01 Å². The molecule has 1 amide bonds. The molecule has 0 bridgehead atoms. The quantitative estimate of drug-likeness (QED) is 0.484. The van der Waals surface area contributed by atoms with E-state index in [1.807, 2.05) is 0 Å². The van der Waals surface area contributed by atoms with Gasteiger partial charge in [-0.2, -0.15) is 0 Å². The molecule has 0 unspecified atom stereocenters. The van der Waals surface area contributed by atoms with Crippen molar-refractivity contribution in [2.75, 3.05) is 32.4 Å². The number of benzene rings is 2. The van der Waals surface area contributed by atoms with Gasteiger partial charge in [0.25, 0.3) is 5.89 Å². The van der Waals surface area contributed by atoms with Crippen LogP contribution in [0.3, 0.4) is 0 Å². The first-order valence-corrected chi connectivity index (χ1v) is 11.2. The molecule has 3 aromatic rings. The van der Waals surface area contributed by atoms with Crippen LogP contribution in [0.1, 0.15) is 12.8 Å². The van der Waals surface area contributed by atoms with Gasteiger partial charge in [0.2, 0.25) is 5.91 Å². The minimum atomic E-state index is -3.51. The lowest BCUT2D eigenvalue weighted by atomic mass is 10.2. The normalized spacial score (nSPS) is 11.1. The average Bonchev–Trinajstić information content (AvgIpc) is 3.26. The van der Waals surface area contributed by atoms with Gasteiger partial charge in [-0.05, 0) is 48.9 Å². The standard InChI is InChI=1S/C21H23N3O7S/c1-28-14-6-9-16(10-7-14)32(26,27)12-4-5-19(25)22-21-24-23-20(31-21)17-13-15(29-2)8-11-18(17)30-3/h6-11,13H,4-5,12H2,1-3H3,(H,22,24,25). The Kier molecular flexibility index (Phi) is 7.31. The Bertz CT molecular complexity index is 1170. The van der Waals surface area contributed by atoms with Crippen LogP contribution in [0.25, 0.3) is 11.5 Å². The van der Waals surface area contributed by atoms with E-state index < -0.39 is 15.7 Å². The highest BCUT2D eigenvalue weighted by atomic mass is 32.2. The van der Waals surface area contributed by atoms with E-state index in [0.717, 1.165) is 0 Å². The number of nitrogens with zero attached hydrogens (tertiary/aromatic N) is 2. The molecule has 170 valence electrons. The number of aromatic nitrogens is 2. The van der Waals surface area contributed by atoms with E-state index in [-0.39, 0.29) is 35.4 Å². The number of carbonyl (C=O) groups is 1. The number of amides is 1. The summed E-state index contributed by atoms with van der Waals surface area (Å²) in [6, 6.07) is 11.1. The number of anilines is 1. The first-order chi connectivity index (χ1) is 15.4. The number of hydrogen-bond donors (Lipinski definition) is 1. The number of methoxy groups -OCH3 is 3. The first kappa shape index (κ1) is 23.1. The highest BCUT2D eigenvalue weighted by Gasteiger charge is 2.18. The van der Waals surface area contributed by atoms with Gasteiger partial charge in [-0.1, -0.05) is 5.10 Å². The Morgan fingerprint density at radius 2 is 1.66 bits per heavy atom. The fourth-order valence-corrected chi connectivity index (χ4v) is 4.18. The van der Waals surface area contributed by atoms with Crippen LogP contribution in [0.15, 0.2) is 51.8 Å². The summed E-state index contributed by atoms with van der Waals surface area (Å²) < 4.78 is 45.8. The molecule has 11 heteroatoms. The molecule has 0 aliphatic heterocycles. The first-order valence-electron chi connectivity index (χ1n) is 9.59. The van der Waals surface area contributed by atoms with Crippen LogP contribution >= 0.6 is 0 Å². The predicted octanol–water partition coefficient (Wildman–Crippen LogP) is 2.96. The van der Waals surface area contributed by atoms with Gasteiger partial charge in [0.15, 0.2) is 9.84 Å². The molecule has 0 spiro atoms. The lowest BCUT2D eigenvalue weighted by Crippen LogP contribution is -2.14. The van der Waals surface area contributed by atoms with Crippen molar-refractivity contribution in [2.24, 2.45) is 0 Å². The Labute approximate surface area is 185 Å². The van der Waals surface area contributed by atoms with Gasteiger partial charge in [0, 0.05) is 6.42 Å². The Morgan fingerprint density at radius 3 is 2.31 bits per heavy atom. The van der Waals surface area contributed by atoms with Crippen molar-refractivity contribution >= 4 is 21.8 Å². The summed E-state index contributed by atoms with van der Waals surface area (Å²) in [6.45, 7) is 0. The minimum Gasteiger partial charge on any atom is -0.497 e. The van der Waals surface area contributed by atoms with Gasteiger partial charge in [-0.15, -0.1) is 5.10 Å². The van der Waals surface area contributed by atoms with E-state index in [9.17, 15) is 13.2 Å². The molecule has 1 N–H and O–H groups in total. The Balaban J connectivity index is 1.58. The maximum Gasteiger partial charge on any atom is 0.322 e. The molecular weight excluding hydrogens is 438 g/mol. The van der Waals surface area contributed by atoms with Crippen molar-refractivity contribution in [3.8, 4) is 28.7 Å². The fourth-order valence-electron chi connectivity index (χ4n) is 2.87. The second kappa shape index (κ2) is 10.1. The lowest BCUT2D eigenvalue weighted by Gasteiger charge is -2.07. The van der Waals surface area contributed by atoms with Crippen molar-refractivity contribution in [3.63, 3.8) is 0 Å². The summed E-state index contributed by atoms with van der Waals surface area (Å²) in [5.41, 5.74) is 0.505. The zero-order chi connectivity index (χ0) is 23.1. The number of rotatable bonds is 10. The van der Waals surface area contributed by atoms with Gasteiger partial charge in [0.1, 0.15) is 17.2 Å². The van der Waals surface area contributed by atoms with E-state index in [0.29, 0.717) is 22.8 Å². The Hall–Kier alpha value is -3.60. The highest BCUT2D eigenvalue weighted by Crippen LogP contribution is 2.33. The van der Waals surface area contributed by atoms with Crippen molar-refractivity contribution in [2.45, 2.75) is 17.7 Å². The van der Waals surface area contributed by atoms with E-state index >= 15 is 0 Å². The summed E-state index contributed by atoms with van der Waals surface area (Å²) in [6.07, 6.45) is 0.0977. The van der Waals surface area contributed by atoms with E-state index in [2.05, 4.69) is 15.5 Å². The monoisotopic (exact) mass is 461 g/mol. The van der Waals surface area contributed by atoms with Gasteiger partial charge < -0.3 is 18.6 Å². The maximum absolute atomic E-state index is 12.4. The lowest BCUT2D eigenvalue weighted by molar-refractivity contribution is -0.116. The summed E-state index contributed by atoms with van der Waals surface area (Å²) >= 11 is 0. The largest absolute Gasteiger partial charge is 0.497 e. The molecular formula is C21H23N3O7S. The van der Waals surface area contributed by atoms with E-state index in [1.54, 1.807) is 30.3 Å². The molecule has 32 heavy (non-hydrogen) atoms. The summed E-state index contributed by atoms with van der Waals surface area (Å²) in [5, 5.41) is 10.2. The van der Waals surface area contributed by atoms with E-state index in [1.165, 1.54) is 33.5 Å². The third kappa shape index (κ3) is 5.55. The molecule has 0 fully saturated rings. The number of hydrogen-bond acceptors (Lipinski definition) is 9. The van der Waals surface area contributed by atoms with Gasteiger partial charge in [-0.3, -0.25) is 10.1 Å². The molecule has 0 aliphatic carbocycles. The second-order valence-electron chi connectivity index (χ2n) is 6.62. The van der Waals surface area contributed by atoms with Crippen molar-refractivity contribution in [1.82, 2.24) is 10.2 Å². The van der Waals surface area contributed by atoms with Crippen LogP contribution in [-0.4, -0.2) is 51.6 Å². The van der Waals surface area contributed by atoms with Crippen LogP contribution in [-0.2, 0) is 14.6 Å². The third-order valence-corrected chi connectivity index (χ3v) is 6.36.